The zero-order valence-corrected chi connectivity index (χ0v) is 11.7. The Hall–Kier alpha value is -1.39. The van der Waals surface area contributed by atoms with Crippen molar-refractivity contribution < 1.29 is 9.90 Å². The molecule has 1 aliphatic rings. The van der Waals surface area contributed by atoms with Gasteiger partial charge >= 0.3 is 0 Å². The number of carbonyl (C=O) groups is 1. The molecule has 1 amide bonds. The Bertz CT molecular complexity index is 446. The molecule has 1 aliphatic heterocycles. The van der Waals surface area contributed by atoms with E-state index in [0.717, 1.165) is 37.1 Å². The van der Waals surface area contributed by atoms with E-state index < -0.39 is 0 Å². The highest BCUT2D eigenvalue weighted by Gasteiger charge is 2.23. The van der Waals surface area contributed by atoms with Crippen molar-refractivity contribution in [1.29, 1.82) is 0 Å². The van der Waals surface area contributed by atoms with Crippen LogP contribution in [0.25, 0.3) is 0 Å². The van der Waals surface area contributed by atoms with Crippen molar-refractivity contribution in [2.75, 3.05) is 27.2 Å². The lowest BCUT2D eigenvalue weighted by Gasteiger charge is -2.23. The average Bonchev–Trinajstić information content (AvgIpc) is 2.85. The zero-order valence-electron chi connectivity index (χ0n) is 11.7. The number of aliphatic hydroxyl groups is 1. The molecule has 1 saturated heterocycles. The second kappa shape index (κ2) is 6.17. The highest BCUT2D eigenvalue weighted by atomic mass is 16.3. The number of hydrogen-bond donors (Lipinski definition) is 1. The Morgan fingerprint density at radius 1 is 1.47 bits per heavy atom. The second-order valence-corrected chi connectivity index (χ2v) is 5.35. The summed E-state index contributed by atoms with van der Waals surface area (Å²) < 4.78 is 0. The summed E-state index contributed by atoms with van der Waals surface area (Å²) in [5, 5.41) is 9.33. The molecule has 0 radical (unpaired) electrons. The topological polar surface area (TPSA) is 43.8 Å². The normalized spacial score (nSPS) is 19.6. The third-order valence-corrected chi connectivity index (χ3v) is 3.68. The summed E-state index contributed by atoms with van der Waals surface area (Å²) in [5.74, 6) is 0.0296. The van der Waals surface area contributed by atoms with Crippen LogP contribution in [0.15, 0.2) is 24.3 Å². The van der Waals surface area contributed by atoms with Crippen LogP contribution in [0, 0.1) is 0 Å². The molecule has 1 N–H and O–H groups in total. The van der Waals surface area contributed by atoms with Crippen molar-refractivity contribution in [3.8, 4) is 0 Å². The SMILES string of the molecule is CN(C)C(=O)c1cccc(CN2CCC[C@@H]2CO)c1. The van der Waals surface area contributed by atoms with Crippen LogP contribution in [-0.4, -0.2) is 54.1 Å². The molecule has 1 fully saturated rings. The summed E-state index contributed by atoms with van der Waals surface area (Å²) in [6, 6.07) is 8.04. The molecule has 4 nitrogen and oxygen atoms in total. The standard InChI is InChI=1S/C15H22N2O2/c1-16(2)15(19)13-6-3-5-12(9-13)10-17-8-4-7-14(17)11-18/h3,5-6,9,14,18H,4,7-8,10-11H2,1-2H3/t14-/m1/s1. The van der Waals surface area contributed by atoms with Gasteiger partial charge in [0.25, 0.3) is 5.91 Å². The first-order valence-corrected chi connectivity index (χ1v) is 6.77. The van der Waals surface area contributed by atoms with E-state index in [1.165, 1.54) is 0 Å². The Morgan fingerprint density at radius 2 is 2.26 bits per heavy atom. The minimum absolute atomic E-state index is 0.0296. The summed E-state index contributed by atoms with van der Waals surface area (Å²) >= 11 is 0. The number of hydrogen-bond acceptors (Lipinski definition) is 3. The van der Waals surface area contributed by atoms with E-state index in [1.807, 2.05) is 24.3 Å². The van der Waals surface area contributed by atoms with Gasteiger partial charge in [0.15, 0.2) is 0 Å². The predicted octanol–water partition coefficient (Wildman–Crippen LogP) is 1.35. The first-order chi connectivity index (χ1) is 9.11. The van der Waals surface area contributed by atoms with Crippen LogP contribution >= 0.6 is 0 Å². The maximum Gasteiger partial charge on any atom is 0.253 e. The monoisotopic (exact) mass is 262 g/mol. The van der Waals surface area contributed by atoms with Crippen LogP contribution in [-0.2, 0) is 6.54 Å². The van der Waals surface area contributed by atoms with Crippen LogP contribution in [0.3, 0.4) is 0 Å². The Morgan fingerprint density at radius 3 is 2.95 bits per heavy atom. The number of likely N-dealkylation sites (tertiary alicyclic amines) is 1. The molecule has 1 aromatic carbocycles. The number of rotatable bonds is 4. The zero-order chi connectivity index (χ0) is 13.8. The van der Waals surface area contributed by atoms with Gasteiger partial charge in [0, 0.05) is 32.2 Å². The van der Waals surface area contributed by atoms with Crippen LogP contribution < -0.4 is 0 Å². The fraction of sp³-hybridized carbons (Fsp3) is 0.533. The smallest absolute Gasteiger partial charge is 0.253 e. The molecule has 2 rings (SSSR count). The van der Waals surface area contributed by atoms with Gasteiger partial charge in [-0.15, -0.1) is 0 Å². The fourth-order valence-corrected chi connectivity index (χ4v) is 2.61. The molecule has 104 valence electrons. The largest absolute Gasteiger partial charge is 0.395 e. The molecule has 0 aromatic heterocycles. The lowest BCUT2D eigenvalue weighted by molar-refractivity contribution is 0.0827. The van der Waals surface area contributed by atoms with Crippen LogP contribution in [0.1, 0.15) is 28.8 Å². The highest BCUT2D eigenvalue weighted by molar-refractivity contribution is 5.94. The molecule has 0 saturated carbocycles. The number of carbonyl (C=O) groups excluding carboxylic acids is 1. The molecule has 0 bridgehead atoms. The summed E-state index contributed by atoms with van der Waals surface area (Å²) in [6.45, 7) is 2.05. The molecular weight excluding hydrogens is 240 g/mol. The number of amides is 1. The van der Waals surface area contributed by atoms with Gasteiger partial charge in [-0.2, -0.15) is 0 Å². The molecular formula is C15H22N2O2. The predicted molar refractivity (Wildman–Crippen MR) is 75.0 cm³/mol. The van der Waals surface area contributed by atoms with Crippen molar-refractivity contribution in [2.24, 2.45) is 0 Å². The van der Waals surface area contributed by atoms with Crippen LogP contribution in [0.4, 0.5) is 0 Å². The molecule has 1 atom stereocenters. The number of aliphatic hydroxyl groups excluding tert-OH is 1. The molecule has 1 aromatic rings. The summed E-state index contributed by atoms with van der Waals surface area (Å²) in [7, 11) is 3.52. The van der Waals surface area contributed by atoms with E-state index in [1.54, 1.807) is 19.0 Å². The summed E-state index contributed by atoms with van der Waals surface area (Å²) in [6.07, 6.45) is 2.20. The van der Waals surface area contributed by atoms with Crippen LogP contribution in [0.2, 0.25) is 0 Å². The van der Waals surface area contributed by atoms with E-state index in [4.69, 9.17) is 0 Å². The van der Waals surface area contributed by atoms with Crippen molar-refractivity contribution in [1.82, 2.24) is 9.80 Å². The maximum absolute atomic E-state index is 11.9. The first-order valence-electron chi connectivity index (χ1n) is 6.77. The quantitative estimate of drug-likeness (QED) is 0.890. The van der Waals surface area contributed by atoms with E-state index in [-0.39, 0.29) is 18.6 Å². The van der Waals surface area contributed by atoms with Gasteiger partial charge in [-0.3, -0.25) is 9.69 Å². The van der Waals surface area contributed by atoms with Crippen molar-refractivity contribution in [3.63, 3.8) is 0 Å². The van der Waals surface area contributed by atoms with Gasteiger partial charge in [0.2, 0.25) is 0 Å². The fourth-order valence-electron chi connectivity index (χ4n) is 2.61. The van der Waals surface area contributed by atoms with Crippen molar-refractivity contribution in [3.05, 3.63) is 35.4 Å². The highest BCUT2D eigenvalue weighted by Crippen LogP contribution is 2.20. The molecule has 0 spiro atoms. The second-order valence-electron chi connectivity index (χ2n) is 5.35. The molecule has 1 heterocycles. The van der Waals surface area contributed by atoms with E-state index in [9.17, 15) is 9.90 Å². The van der Waals surface area contributed by atoms with Crippen LogP contribution in [0.5, 0.6) is 0 Å². The minimum Gasteiger partial charge on any atom is -0.395 e. The van der Waals surface area contributed by atoms with Gasteiger partial charge in [-0.25, -0.2) is 0 Å². The molecule has 4 heteroatoms. The average molecular weight is 262 g/mol. The number of benzene rings is 1. The van der Waals surface area contributed by atoms with Gasteiger partial charge in [0.05, 0.1) is 6.61 Å². The van der Waals surface area contributed by atoms with Gasteiger partial charge in [-0.1, -0.05) is 12.1 Å². The molecule has 0 unspecified atom stereocenters. The Balaban J connectivity index is 2.09. The summed E-state index contributed by atoms with van der Waals surface area (Å²) in [4.78, 5) is 15.8. The third-order valence-electron chi connectivity index (χ3n) is 3.68. The Kier molecular flexibility index (Phi) is 4.56. The van der Waals surface area contributed by atoms with E-state index in [0.29, 0.717) is 0 Å². The van der Waals surface area contributed by atoms with E-state index in [2.05, 4.69) is 4.90 Å². The van der Waals surface area contributed by atoms with Gasteiger partial charge in [0.1, 0.15) is 0 Å². The van der Waals surface area contributed by atoms with Crippen molar-refractivity contribution >= 4 is 5.91 Å². The lowest BCUT2D eigenvalue weighted by atomic mass is 10.1. The molecule has 19 heavy (non-hydrogen) atoms. The number of nitrogens with zero attached hydrogens (tertiary/aromatic N) is 2. The lowest BCUT2D eigenvalue weighted by Crippen LogP contribution is -2.31. The Labute approximate surface area is 114 Å². The van der Waals surface area contributed by atoms with Gasteiger partial charge in [-0.05, 0) is 37.1 Å². The molecule has 0 aliphatic carbocycles. The minimum atomic E-state index is 0.0296. The maximum atomic E-state index is 11.9. The van der Waals surface area contributed by atoms with E-state index >= 15 is 0 Å². The van der Waals surface area contributed by atoms with Crippen molar-refractivity contribution in [2.45, 2.75) is 25.4 Å². The third kappa shape index (κ3) is 3.33. The first kappa shape index (κ1) is 14.0. The van der Waals surface area contributed by atoms with Gasteiger partial charge < -0.3 is 10.0 Å². The summed E-state index contributed by atoms with van der Waals surface area (Å²) in [5.41, 5.74) is 1.86.